The van der Waals surface area contributed by atoms with E-state index in [9.17, 15) is 4.79 Å². The number of para-hydroxylation sites is 2. The van der Waals surface area contributed by atoms with Gasteiger partial charge >= 0.3 is 0 Å². The summed E-state index contributed by atoms with van der Waals surface area (Å²) in [6, 6.07) is 9.99. The third-order valence-corrected chi connectivity index (χ3v) is 5.39. The van der Waals surface area contributed by atoms with Crippen molar-refractivity contribution in [3.05, 3.63) is 45.1 Å². The van der Waals surface area contributed by atoms with Gasteiger partial charge in [-0.1, -0.05) is 12.1 Å². The molecule has 0 saturated carbocycles. The number of piperazine rings is 1. The molecule has 0 aliphatic carbocycles. The van der Waals surface area contributed by atoms with Crippen molar-refractivity contribution in [3.63, 3.8) is 0 Å². The summed E-state index contributed by atoms with van der Waals surface area (Å²) in [5, 5.41) is 1.91. The Morgan fingerprint density at radius 2 is 2.00 bits per heavy atom. The lowest BCUT2D eigenvalue weighted by atomic mass is 10.2. The molecule has 2 heterocycles. The molecule has 3 rings (SSSR count). The van der Waals surface area contributed by atoms with Crippen LogP contribution in [0, 0.1) is 0 Å². The first kappa shape index (κ1) is 16.3. The highest BCUT2D eigenvalue weighted by molar-refractivity contribution is 9.11. The third kappa shape index (κ3) is 3.70. The fourth-order valence-electron chi connectivity index (χ4n) is 2.75. The summed E-state index contributed by atoms with van der Waals surface area (Å²) in [4.78, 5) is 16.7. The lowest BCUT2D eigenvalue weighted by Gasteiger charge is -2.36. The van der Waals surface area contributed by atoms with Crippen LogP contribution in [0.1, 0.15) is 17.3 Å². The maximum Gasteiger partial charge on any atom is 0.254 e. The van der Waals surface area contributed by atoms with E-state index in [0.717, 1.165) is 47.0 Å². The van der Waals surface area contributed by atoms with Crippen molar-refractivity contribution in [2.24, 2.45) is 0 Å². The van der Waals surface area contributed by atoms with Gasteiger partial charge < -0.3 is 14.5 Å². The van der Waals surface area contributed by atoms with Crippen LogP contribution >= 0.6 is 27.3 Å². The van der Waals surface area contributed by atoms with Gasteiger partial charge in [-0.25, -0.2) is 0 Å². The van der Waals surface area contributed by atoms with Gasteiger partial charge in [0, 0.05) is 31.6 Å². The number of rotatable bonds is 4. The lowest BCUT2D eigenvalue weighted by Crippen LogP contribution is -2.48. The number of thiophene rings is 1. The second kappa shape index (κ2) is 7.36. The fourth-order valence-corrected chi connectivity index (χ4v) is 3.88. The number of amides is 1. The standard InChI is InChI=1S/C17H19BrN2O2S/c1-2-22-15-6-4-3-5-14(15)19-7-9-20(10-8-19)17(21)13-11-16(18)23-12-13/h3-6,11-12H,2,7-10H2,1H3. The van der Waals surface area contributed by atoms with Gasteiger partial charge in [0.25, 0.3) is 5.91 Å². The molecule has 23 heavy (non-hydrogen) atoms. The number of hydrogen-bond acceptors (Lipinski definition) is 4. The number of anilines is 1. The molecule has 0 N–H and O–H groups in total. The number of hydrogen-bond donors (Lipinski definition) is 0. The number of nitrogens with zero attached hydrogens (tertiary/aromatic N) is 2. The quantitative estimate of drug-likeness (QED) is 0.788. The molecule has 1 aromatic carbocycles. The number of benzene rings is 1. The number of carbonyl (C=O) groups excluding carboxylic acids is 1. The van der Waals surface area contributed by atoms with Gasteiger partial charge in [-0.2, -0.15) is 0 Å². The van der Waals surface area contributed by atoms with Gasteiger partial charge in [0.1, 0.15) is 5.75 Å². The molecule has 1 saturated heterocycles. The fraction of sp³-hybridized carbons (Fsp3) is 0.353. The maximum absolute atomic E-state index is 12.5. The van der Waals surface area contributed by atoms with E-state index in [1.165, 1.54) is 0 Å². The summed E-state index contributed by atoms with van der Waals surface area (Å²) in [5.41, 5.74) is 1.88. The van der Waals surface area contributed by atoms with Gasteiger partial charge in [-0.3, -0.25) is 4.79 Å². The third-order valence-electron chi connectivity index (χ3n) is 3.89. The van der Waals surface area contributed by atoms with Crippen molar-refractivity contribution >= 4 is 38.9 Å². The Morgan fingerprint density at radius 1 is 1.26 bits per heavy atom. The molecular weight excluding hydrogens is 376 g/mol. The average molecular weight is 395 g/mol. The van der Waals surface area contributed by atoms with Gasteiger partial charge in [0.05, 0.1) is 21.6 Å². The summed E-state index contributed by atoms with van der Waals surface area (Å²) < 4.78 is 6.70. The van der Waals surface area contributed by atoms with E-state index in [1.54, 1.807) is 11.3 Å². The van der Waals surface area contributed by atoms with Crippen molar-refractivity contribution in [2.75, 3.05) is 37.7 Å². The minimum atomic E-state index is 0.115. The minimum absolute atomic E-state index is 0.115. The molecule has 4 nitrogen and oxygen atoms in total. The van der Waals surface area contributed by atoms with Crippen LogP contribution in [0.5, 0.6) is 5.75 Å². The molecule has 1 aliphatic rings. The Kier molecular flexibility index (Phi) is 5.23. The molecule has 0 unspecified atom stereocenters. The van der Waals surface area contributed by atoms with E-state index in [-0.39, 0.29) is 5.91 Å². The van der Waals surface area contributed by atoms with E-state index >= 15 is 0 Å². The predicted molar refractivity (Wildman–Crippen MR) is 97.7 cm³/mol. The minimum Gasteiger partial charge on any atom is -0.492 e. The van der Waals surface area contributed by atoms with Crippen LogP contribution in [0.3, 0.4) is 0 Å². The van der Waals surface area contributed by atoms with Crippen LogP contribution in [0.25, 0.3) is 0 Å². The van der Waals surface area contributed by atoms with E-state index < -0.39 is 0 Å². The normalized spacial score (nSPS) is 14.9. The SMILES string of the molecule is CCOc1ccccc1N1CCN(C(=O)c2csc(Br)c2)CC1. The van der Waals surface area contributed by atoms with Crippen molar-refractivity contribution in [1.29, 1.82) is 0 Å². The van der Waals surface area contributed by atoms with Crippen molar-refractivity contribution in [3.8, 4) is 5.75 Å². The van der Waals surface area contributed by atoms with Gasteiger partial charge in [0.15, 0.2) is 0 Å². The van der Waals surface area contributed by atoms with Crippen LogP contribution < -0.4 is 9.64 Å². The van der Waals surface area contributed by atoms with Crippen LogP contribution in [0.4, 0.5) is 5.69 Å². The van der Waals surface area contributed by atoms with Crippen LogP contribution in [-0.4, -0.2) is 43.6 Å². The largest absolute Gasteiger partial charge is 0.492 e. The van der Waals surface area contributed by atoms with E-state index in [4.69, 9.17) is 4.74 Å². The molecule has 0 bridgehead atoms. The second-order valence-electron chi connectivity index (χ2n) is 5.32. The van der Waals surface area contributed by atoms with Gasteiger partial charge in [0.2, 0.25) is 0 Å². The Balaban J connectivity index is 1.66. The Bertz CT molecular complexity index is 681. The number of halogens is 1. The van der Waals surface area contributed by atoms with E-state index in [0.29, 0.717) is 6.61 Å². The molecular formula is C17H19BrN2O2S. The highest BCUT2D eigenvalue weighted by atomic mass is 79.9. The van der Waals surface area contributed by atoms with E-state index in [1.807, 2.05) is 41.5 Å². The summed E-state index contributed by atoms with van der Waals surface area (Å²) in [6.07, 6.45) is 0. The number of ether oxygens (including phenoxy) is 1. The second-order valence-corrected chi connectivity index (χ2v) is 7.61. The number of carbonyl (C=O) groups is 1. The molecule has 0 spiro atoms. The summed E-state index contributed by atoms with van der Waals surface area (Å²) in [5.74, 6) is 1.03. The predicted octanol–water partition coefficient (Wildman–Crippen LogP) is 3.87. The zero-order valence-electron chi connectivity index (χ0n) is 13.0. The van der Waals surface area contributed by atoms with E-state index in [2.05, 4.69) is 26.9 Å². The molecule has 2 aromatic rings. The van der Waals surface area contributed by atoms with Crippen molar-refractivity contribution in [2.45, 2.75) is 6.92 Å². The van der Waals surface area contributed by atoms with Crippen LogP contribution in [0.15, 0.2) is 39.5 Å². The topological polar surface area (TPSA) is 32.8 Å². The first-order valence-corrected chi connectivity index (χ1v) is 9.36. The zero-order valence-corrected chi connectivity index (χ0v) is 15.4. The summed E-state index contributed by atoms with van der Waals surface area (Å²) in [6.45, 7) is 5.75. The molecule has 6 heteroatoms. The average Bonchev–Trinajstić information content (AvgIpc) is 3.02. The molecule has 122 valence electrons. The lowest BCUT2D eigenvalue weighted by molar-refractivity contribution is 0.0747. The first-order chi connectivity index (χ1) is 11.2. The van der Waals surface area contributed by atoms with Crippen molar-refractivity contribution in [1.82, 2.24) is 4.90 Å². The van der Waals surface area contributed by atoms with Gasteiger partial charge in [-0.15, -0.1) is 11.3 Å². The molecule has 1 amide bonds. The molecule has 0 atom stereocenters. The zero-order chi connectivity index (χ0) is 16.2. The Hall–Kier alpha value is -1.53. The summed E-state index contributed by atoms with van der Waals surface area (Å²) in [7, 11) is 0. The van der Waals surface area contributed by atoms with Crippen molar-refractivity contribution < 1.29 is 9.53 Å². The smallest absolute Gasteiger partial charge is 0.254 e. The first-order valence-electron chi connectivity index (χ1n) is 7.69. The highest BCUT2D eigenvalue weighted by Crippen LogP contribution is 2.29. The molecule has 1 aromatic heterocycles. The molecule has 1 fully saturated rings. The molecule has 1 aliphatic heterocycles. The van der Waals surface area contributed by atoms with Crippen LogP contribution in [-0.2, 0) is 0 Å². The Labute approximate surface area is 148 Å². The maximum atomic E-state index is 12.5. The highest BCUT2D eigenvalue weighted by Gasteiger charge is 2.24. The van der Waals surface area contributed by atoms with Gasteiger partial charge in [-0.05, 0) is 41.1 Å². The Morgan fingerprint density at radius 3 is 2.65 bits per heavy atom. The monoisotopic (exact) mass is 394 g/mol. The van der Waals surface area contributed by atoms with Crippen LogP contribution in [0.2, 0.25) is 0 Å². The molecule has 0 radical (unpaired) electrons. The summed E-state index contributed by atoms with van der Waals surface area (Å²) >= 11 is 4.96.